The van der Waals surface area contributed by atoms with Gasteiger partial charge in [-0.3, -0.25) is 0 Å². The van der Waals surface area contributed by atoms with Crippen molar-refractivity contribution in [2.45, 2.75) is 46.1 Å². The summed E-state index contributed by atoms with van der Waals surface area (Å²) in [4.78, 5) is 11.0. The molecular weight excluding hydrogens is 190 g/mol. The molecule has 15 heavy (non-hydrogen) atoms. The van der Waals surface area contributed by atoms with Gasteiger partial charge in [0, 0.05) is 11.7 Å². The second kappa shape index (κ2) is 5.01. The largest absolute Gasteiger partial charge is 0.477 e. The molecule has 1 aromatic heterocycles. The number of aromatic carboxylic acids is 1. The van der Waals surface area contributed by atoms with E-state index in [9.17, 15) is 4.79 Å². The van der Waals surface area contributed by atoms with E-state index in [0.717, 1.165) is 25.0 Å². The van der Waals surface area contributed by atoms with Crippen LogP contribution in [0.5, 0.6) is 0 Å². The number of carboxylic acid groups (broad SMARTS) is 1. The van der Waals surface area contributed by atoms with Gasteiger partial charge in [-0.25, -0.2) is 4.79 Å². The molecule has 3 heteroatoms. The Labute approximate surface area is 90.7 Å². The Morgan fingerprint density at radius 3 is 2.60 bits per heavy atom. The predicted molar refractivity (Wildman–Crippen MR) is 60.4 cm³/mol. The quantitative estimate of drug-likeness (QED) is 0.809. The van der Waals surface area contributed by atoms with Crippen LogP contribution in [0.25, 0.3) is 0 Å². The number of aryl methyl sites for hydroxylation is 1. The Balaban J connectivity index is 3.13. The first-order chi connectivity index (χ1) is 7.11. The number of hydrogen-bond acceptors (Lipinski definition) is 1. The van der Waals surface area contributed by atoms with Gasteiger partial charge in [-0.05, 0) is 31.9 Å². The molecule has 0 saturated heterocycles. The molecular formula is C12H19NO2. The molecule has 1 aromatic rings. The number of nitrogens with zero attached hydrogens (tertiary/aromatic N) is 1. The number of aromatic nitrogens is 1. The van der Waals surface area contributed by atoms with E-state index < -0.39 is 5.97 Å². The molecule has 0 unspecified atom stereocenters. The molecule has 0 aliphatic carbocycles. The van der Waals surface area contributed by atoms with Crippen molar-refractivity contribution in [1.82, 2.24) is 4.57 Å². The van der Waals surface area contributed by atoms with E-state index >= 15 is 0 Å². The number of carboxylic acids is 1. The van der Waals surface area contributed by atoms with Crippen molar-refractivity contribution in [3.8, 4) is 0 Å². The lowest BCUT2D eigenvalue weighted by Crippen LogP contribution is -2.14. The van der Waals surface area contributed by atoms with Crippen LogP contribution in [-0.4, -0.2) is 15.6 Å². The third-order valence-electron chi connectivity index (χ3n) is 2.76. The van der Waals surface area contributed by atoms with Crippen molar-refractivity contribution in [3.63, 3.8) is 0 Å². The summed E-state index contributed by atoms with van der Waals surface area (Å²) in [5, 5.41) is 9.07. The molecule has 0 aliphatic rings. The van der Waals surface area contributed by atoms with E-state index in [1.165, 1.54) is 0 Å². The van der Waals surface area contributed by atoms with Crippen LogP contribution in [-0.2, 0) is 6.42 Å². The molecule has 0 fully saturated rings. The van der Waals surface area contributed by atoms with Crippen LogP contribution in [0.3, 0.4) is 0 Å². The van der Waals surface area contributed by atoms with Gasteiger partial charge in [-0.1, -0.05) is 20.3 Å². The molecule has 0 bridgehead atoms. The fourth-order valence-corrected chi connectivity index (χ4v) is 1.83. The van der Waals surface area contributed by atoms with Crippen molar-refractivity contribution < 1.29 is 9.90 Å². The molecule has 0 saturated carbocycles. The summed E-state index contributed by atoms with van der Waals surface area (Å²) in [7, 11) is 0. The zero-order chi connectivity index (χ0) is 11.4. The van der Waals surface area contributed by atoms with E-state index in [1.54, 1.807) is 6.07 Å². The summed E-state index contributed by atoms with van der Waals surface area (Å²) in [6, 6.07) is 3.89. The van der Waals surface area contributed by atoms with E-state index in [1.807, 2.05) is 10.6 Å². The van der Waals surface area contributed by atoms with Crippen LogP contribution in [0.2, 0.25) is 0 Å². The lowest BCUT2D eigenvalue weighted by molar-refractivity contribution is 0.0682. The van der Waals surface area contributed by atoms with Gasteiger partial charge in [0.2, 0.25) is 0 Å². The Kier molecular flexibility index (Phi) is 3.95. The first-order valence-electron chi connectivity index (χ1n) is 5.55. The van der Waals surface area contributed by atoms with Crippen molar-refractivity contribution in [2.24, 2.45) is 0 Å². The zero-order valence-electron chi connectivity index (χ0n) is 9.66. The van der Waals surface area contributed by atoms with Crippen molar-refractivity contribution in [3.05, 3.63) is 23.5 Å². The summed E-state index contributed by atoms with van der Waals surface area (Å²) in [5.41, 5.74) is 1.54. The van der Waals surface area contributed by atoms with E-state index in [0.29, 0.717) is 5.69 Å². The molecule has 0 aromatic carbocycles. The van der Waals surface area contributed by atoms with Crippen LogP contribution in [0.1, 0.15) is 55.8 Å². The van der Waals surface area contributed by atoms with Crippen molar-refractivity contribution in [1.29, 1.82) is 0 Å². The van der Waals surface area contributed by atoms with Gasteiger partial charge in [0.25, 0.3) is 0 Å². The molecule has 0 amide bonds. The van der Waals surface area contributed by atoms with Gasteiger partial charge in [-0.15, -0.1) is 0 Å². The molecule has 0 radical (unpaired) electrons. The third kappa shape index (κ3) is 2.41. The van der Waals surface area contributed by atoms with Crippen LogP contribution < -0.4 is 0 Å². The fraction of sp³-hybridized carbons (Fsp3) is 0.583. The van der Waals surface area contributed by atoms with Crippen LogP contribution >= 0.6 is 0 Å². The Hall–Kier alpha value is -1.25. The highest BCUT2D eigenvalue weighted by Crippen LogP contribution is 2.20. The monoisotopic (exact) mass is 209 g/mol. The molecule has 84 valence electrons. The first-order valence-corrected chi connectivity index (χ1v) is 5.55. The highest BCUT2D eigenvalue weighted by Gasteiger charge is 2.16. The van der Waals surface area contributed by atoms with Crippen LogP contribution in [0, 0.1) is 0 Å². The van der Waals surface area contributed by atoms with Crippen molar-refractivity contribution >= 4 is 5.97 Å². The Bertz CT molecular complexity index is 341. The SMILES string of the molecule is CCCc1ccc(C(=O)O)n1[C@@H](C)CC. The standard InChI is InChI=1S/C12H19NO2/c1-4-6-10-7-8-11(12(14)15)13(10)9(3)5-2/h7-9H,4-6H2,1-3H3,(H,14,15)/t9-/m0/s1. The maximum Gasteiger partial charge on any atom is 0.352 e. The zero-order valence-corrected chi connectivity index (χ0v) is 9.66. The summed E-state index contributed by atoms with van der Waals surface area (Å²) in [5.74, 6) is -0.836. The molecule has 1 N–H and O–H groups in total. The number of rotatable bonds is 5. The fourth-order valence-electron chi connectivity index (χ4n) is 1.83. The highest BCUT2D eigenvalue weighted by atomic mass is 16.4. The van der Waals surface area contributed by atoms with Gasteiger partial charge in [-0.2, -0.15) is 0 Å². The maximum atomic E-state index is 11.0. The van der Waals surface area contributed by atoms with Gasteiger partial charge in [0.15, 0.2) is 0 Å². The Morgan fingerprint density at radius 2 is 2.13 bits per heavy atom. The normalized spacial score (nSPS) is 12.7. The summed E-state index contributed by atoms with van der Waals surface area (Å²) < 4.78 is 1.95. The molecule has 1 heterocycles. The molecule has 3 nitrogen and oxygen atoms in total. The first kappa shape index (κ1) is 11.8. The second-order valence-corrected chi connectivity index (χ2v) is 3.89. The van der Waals surface area contributed by atoms with Gasteiger partial charge < -0.3 is 9.67 Å². The number of carbonyl (C=O) groups is 1. The topological polar surface area (TPSA) is 42.2 Å². The molecule has 1 atom stereocenters. The third-order valence-corrected chi connectivity index (χ3v) is 2.76. The smallest absolute Gasteiger partial charge is 0.352 e. The minimum absolute atomic E-state index is 0.257. The summed E-state index contributed by atoms with van der Waals surface area (Å²) >= 11 is 0. The average molecular weight is 209 g/mol. The summed E-state index contributed by atoms with van der Waals surface area (Å²) in [6.45, 7) is 6.24. The van der Waals surface area contributed by atoms with Gasteiger partial charge in [0.05, 0.1) is 0 Å². The van der Waals surface area contributed by atoms with Gasteiger partial charge in [0.1, 0.15) is 5.69 Å². The summed E-state index contributed by atoms with van der Waals surface area (Å²) in [6.07, 6.45) is 2.93. The lowest BCUT2D eigenvalue weighted by Gasteiger charge is -2.17. The minimum atomic E-state index is -0.836. The maximum absolute atomic E-state index is 11.0. The van der Waals surface area contributed by atoms with E-state index in [4.69, 9.17) is 5.11 Å². The highest BCUT2D eigenvalue weighted by molar-refractivity contribution is 5.86. The molecule has 0 spiro atoms. The van der Waals surface area contributed by atoms with Crippen molar-refractivity contribution in [2.75, 3.05) is 0 Å². The van der Waals surface area contributed by atoms with Gasteiger partial charge >= 0.3 is 5.97 Å². The van der Waals surface area contributed by atoms with Crippen LogP contribution in [0.15, 0.2) is 12.1 Å². The predicted octanol–water partition coefficient (Wildman–Crippen LogP) is 3.11. The molecule has 1 rings (SSSR count). The lowest BCUT2D eigenvalue weighted by atomic mass is 10.2. The van der Waals surface area contributed by atoms with E-state index in [-0.39, 0.29) is 6.04 Å². The Morgan fingerprint density at radius 1 is 1.47 bits per heavy atom. The average Bonchev–Trinajstić information content (AvgIpc) is 2.61. The number of hydrogen-bond donors (Lipinski definition) is 1. The van der Waals surface area contributed by atoms with Crippen LogP contribution in [0.4, 0.5) is 0 Å². The molecule has 0 aliphatic heterocycles. The minimum Gasteiger partial charge on any atom is -0.477 e. The van der Waals surface area contributed by atoms with E-state index in [2.05, 4.69) is 20.8 Å². The second-order valence-electron chi connectivity index (χ2n) is 3.89.